The number of hydrogen-bond donors (Lipinski definition) is 1. The van der Waals surface area contributed by atoms with Crippen LogP contribution in [0.3, 0.4) is 0 Å². The molecule has 0 aliphatic carbocycles. The Morgan fingerprint density at radius 2 is 2.22 bits per heavy atom. The van der Waals surface area contributed by atoms with E-state index >= 15 is 0 Å². The number of rotatable bonds is 4. The van der Waals surface area contributed by atoms with E-state index in [4.69, 9.17) is 4.74 Å². The summed E-state index contributed by atoms with van der Waals surface area (Å²) >= 11 is 0. The van der Waals surface area contributed by atoms with E-state index in [1.807, 2.05) is 6.92 Å². The van der Waals surface area contributed by atoms with Crippen LogP contribution in [0.2, 0.25) is 0 Å². The second-order valence-corrected chi connectivity index (χ2v) is 5.15. The first-order chi connectivity index (χ1) is 8.63. The molecule has 2 amide bonds. The van der Waals surface area contributed by atoms with Gasteiger partial charge in [-0.25, -0.2) is 0 Å². The number of amides is 2. The van der Waals surface area contributed by atoms with E-state index in [-0.39, 0.29) is 30.0 Å². The van der Waals surface area contributed by atoms with Gasteiger partial charge in [0.1, 0.15) is 12.1 Å². The maximum Gasteiger partial charge on any atom is 0.245 e. The molecule has 5 nitrogen and oxygen atoms in total. The predicted octanol–water partition coefficient (Wildman–Crippen LogP) is 0.681. The van der Waals surface area contributed by atoms with Crippen molar-refractivity contribution in [1.29, 1.82) is 0 Å². The molecule has 102 valence electrons. The van der Waals surface area contributed by atoms with Crippen LogP contribution in [0.4, 0.5) is 0 Å². The molecule has 0 saturated carbocycles. The minimum Gasteiger partial charge on any atom is -0.376 e. The minimum absolute atomic E-state index is 0.0412. The Hall–Kier alpha value is -1.10. The summed E-state index contributed by atoms with van der Waals surface area (Å²) in [4.78, 5) is 25.9. The van der Waals surface area contributed by atoms with Gasteiger partial charge in [0.25, 0.3) is 0 Å². The number of nitrogens with zero attached hydrogens (tertiary/aromatic N) is 1. The molecule has 2 aliphatic rings. The molecule has 1 N–H and O–H groups in total. The Kier molecular flexibility index (Phi) is 4.22. The van der Waals surface area contributed by atoms with E-state index in [1.165, 1.54) is 0 Å². The number of carbonyl (C=O) groups is 2. The Morgan fingerprint density at radius 3 is 2.83 bits per heavy atom. The van der Waals surface area contributed by atoms with Gasteiger partial charge in [-0.15, -0.1) is 0 Å². The van der Waals surface area contributed by atoms with Crippen molar-refractivity contribution in [1.82, 2.24) is 10.2 Å². The van der Waals surface area contributed by atoms with E-state index < -0.39 is 0 Å². The third-order valence-corrected chi connectivity index (χ3v) is 3.75. The molecule has 0 aromatic carbocycles. The smallest absolute Gasteiger partial charge is 0.245 e. The van der Waals surface area contributed by atoms with Crippen LogP contribution in [0.1, 0.15) is 39.5 Å². The van der Waals surface area contributed by atoms with Crippen molar-refractivity contribution < 1.29 is 14.3 Å². The summed E-state index contributed by atoms with van der Waals surface area (Å²) in [6, 6.07) is -0.727. The highest BCUT2D eigenvalue weighted by atomic mass is 16.5. The zero-order chi connectivity index (χ0) is 13.1. The van der Waals surface area contributed by atoms with Gasteiger partial charge in [-0.3, -0.25) is 9.59 Å². The molecular formula is C13H22N2O3. The number of nitrogens with one attached hydrogen (secondary N) is 1. The zero-order valence-electron chi connectivity index (χ0n) is 11.1. The van der Waals surface area contributed by atoms with Gasteiger partial charge in [0.15, 0.2) is 0 Å². The second-order valence-electron chi connectivity index (χ2n) is 5.15. The van der Waals surface area contributed by atoms with Crippen LogP contribution < -0.4 is 5.32 Å². The lowest BCUT2D eigenvalue weighted by atomic mass is 10.0. The highest BCUT2D eigenvalue weighted by Crippen LogP contribution is 2.18. The normalized spacial score (nSPS) is 32.8. The molecule has 0 bridgehead atoms. The van der Waals surface area contributed by atoms with Gasteiger partial charge in [0.05, 0.1) is 6.10 Å². The summed E-state index contributed by atoms with van der Waals surface area (Å²) in [6.45, 7) is 5.12. The van der Waals surface area contributed by atoms with Crippen molar-refractivity contribution in [2.24, 2.45) is 0 Å². The summed E-state index contributed by atoms with van der Waals surface area (Å²) < 4.78 is 5.56. The summed E-state index contributed by atoms with van der Waals surface area (Å²) in [7, 11) is 0. The van der Waals surface area contributed by atoms with Gasteiger partial charge < -0.3 is 15.0 Å². The predicted molar refractivity (Wildman–Crippen MR) is 67.0 cm³/mol. The summed E-state index contributed by atoms with van der Waals surface area (Å²) in [5, 5.41) is 2.80. The van der Waals surface area contributed by atoms with E-state index in [2.05, 4.69) is 5.32 Å². The molecule has 2 fully saturated rings. The lowest BCUT2D eigenvalue weighted by Crippen LogP contribution is -2.63. The van der Waals surface area contributed by atoms with Crippen molar-refractivity contribution in [3.63, 3.8) is 0 Å². The Balaban J connectivity index is 2.03. The number of piperazine rings is 1. The van der Waals surface area contributed by atoms with Crippen molar-refractivity contribution in [3.05, 3.63) is 0 Å². The first kappa shape index (κ1) is 13.3. The van der Waals surface area contributed by atoms with Crippen LogP contribution in [0.15, 0.2) is 0 Å². The summed E-state index contributed by atoms with van der Waals surface area (Å²) in [6.07, 6.45) is 3.73. The average molecular weight is 254 g/mol. The summed E-state index contributed by atoms with van der Waals surface area (Å²) in [5.74, 6) is -0.00880. The molecule has 5 heteroatoms. The number of hydrogen-bond acceptors (Lipinski definition) is 3. The Bertz CT molecular complexity index is 326. The topological polar surface area (TPSA) is 58.6 Å². The molecule has 3 unspecified atom stereocenters. The first-order valence-electron chi connectivity index (χ1n) is 6.86. The molecule has 2 heterocycles. The van der Waals surface area contributed by atoms with Gasteiger partial charge in [-0.2, -0.15) is 0 Å². The Labute approximate surface area is 108 Å². The fourth-order valence-corrected chi connectivity index (χ4v) is 2.63. The standard InChI is InChI=1S/C13H22N2O3/c1-3-5-11-13(17)15(9(2)12(16)14-11)8-10-6-4-7-18-10/h9-11H,3-8H2,1-2H3,(H,14,16). The second kappa shape index (κ2) is 5.69. The van der Waals surface area contributed by atoms with Crippen LogP contribution >= 0.6 is 0 Å². The maximum absolute atomic E-state index is 12.3. The molecule has 2 saturated heterocycles. The molecule has 0 radical (unpaired) electrons. The fraction of sp³-hybridized carbons (Fsp3) is 0.846. The van der Waals surface area contributed by atoms with Crippen molar-refractivity contribution >= 4 is 11.8 Å². The van der Waals surface area contributed by atoms with Gasteiger partial charge in [-0.1, -0.05) is 13.3 Å². The third kappa shape index (κ3) is 2.66. The molecular weight excluding hydrogens is 232 g/mol. The van der Waals surface area contributed by atoms with Crippen LogP contribution in [-0.2, 0) is 14.3 Å². The highest BCUT2D eigenvalue weighted by molar-refractivity contribution is 5.96. The zero-order valence-corrected chi connectivity index (χ0v) is 11.1. The monoisotopic (exact) mass is 254 g/mol. The van der Waals surface area contributed by atoms with Gasteiger partial charge in [0, 0.05) is 13.2 Å². The van der Waals surface area contributed by atoms with Crippen molar-refractivity contribution in [3.8, 4) is 0 Å². The Morgan fingerprint density at radius 1 is 1.44 bits per heavy atom. The van der Waals surface area contributed by atoms with Crippen molar-refractivity contribution in [2.75, 3.05) is 13.2 Å². The molecule has 0 aromatic rings. The van der Waals surface area contributed by atoms with Crippen LogP contribution in [-0.4, -0.2) is 48.1 Å². The van der Waals surface area contributed by atoms with Crippen molar-refractivity contribution in [2.45, 2.75) is 57.7 Å². The molecule has 0 aromatic heterocycles. The van der Waals surface area contributed by atoms with E-state index in [0.717, 1.165) is 25.9 Å². The largest absolute Gasteiger partial charge is 0.376 e. The van der Waals surface area contributed by atoms with Crippen LogP contribution in [0.25, 0.3) is 0 Å². The summed E-state index contributed by atoms with van der Waals surface area (Å²) in [5.41, 5.74) is 0. The molecule has 3 atom stereocenters. The third-order valence-electron chi connectivity index (χ3n) is 3.75. The minimum atomic E-state index is -0.380. The quantitative estimate of drug-likeness (QED) is 0.802. The number of carbonyl (C=O) groups excluding carboxylic acids is 2. The highest BCUT2D eigenvalue weighted by Gasteiger charge is 2.38. The van der Waals surface area contributed by atoms with E-state index in [1.54, 1.807) is 11.8 Å². The van der Waals surface area contributed by atoms with Crippen LogP contribution in [0.5, 0.6) is 0 Å². The fourth-order valence-electron chi connectivity index (χ4n) is 2.63. The lowest BCUT2D eigenvalue weighted by molar-refractivity contribution is -0.150. The molecule has 2 rings (SSSR count). The first-order valence-corrected chi connectivity index (χ1v) is 6.86. The lowest BCUT2D eigenvalue weighted by Gasteiger charge is -2.38. The SMILES string of the molecule is CCCC1NC(=O)C(C)N(CC2CCCO2)C1=O. The van der Waals surface area contributed by atoms with Gasteiger partial charge in [0.2, 0.25) is 11.8 Å². The van der Waals surface area contributed by atoms with Gasteiger partial charge in [-0.05, 0) is 26.2 Å². The molecule has 18 heavy (non-hydrogen) atoms. The van der Waals surface area contributed by atoms with E-state index in [9.17, 15) is 9.59 Å². The average Bonchev–Trinajstić information content (AvgIpc) is 2.85. The number of ether oxygens (including phenoxy) is 1. The maximum atomic E-state index is 12.3. The van der Waals surface area contributed by atoms with Crippen LogP contribution in [0, 0.1) is 0 Å². The molecule has 0 spiro atoms. The molecule has 2 aliphatic heterocycles. The van der Waals surface area contributed by atoms with E-state index in [0.29, 0.717) is 13.0 Å². The van der Waals surface area contributed by atoms with Gasteiger partial charge >= 0.3 is 0 Å².